The minimum Gasteiger partial charge on any atom is -0.453 e. The van der Waals surface area contributed by atoms with E-state index in [1.165, 1.54) is 11.0 Å². The molecule has 0 radical (unpaired) electrons. The maximum absolute atomic E-state index is 11.8. The van der Waals surface area contributed by atoms with Crippen molar-refractivity contribution in [2.24, 2.45) is 0 Å². The number of hydrogen-bond acceptors (Lipinski definition) is 5. The van der Waals surface area contributed by atoms with Crippen LogP contribution < -0.4 is 0 Å². The minimum atomic E-state index is -1.93. The molecule has 2 heterocycles. The number of carbonyl (C=O) groups excluding carboxylic acids is 2. The fourth-order valence-electron chi connectivity index (χ4n) is 2.29. The highest BCUT2D eigenvalue weighted by molar-refractivity contribution is 6.74. The molecule has 124 valence electrons. The van der Waals surface area contributed by atoms with E-state index in [0.29, 0.717) is 6.61 Å². The Hall–Kier alpha value is -1.34. The van der Waals surface area contributed by atoms with Gasteiger partial charge in [0.15, 0.2) is 8.32 Å². The van der Waals surface area contributed by atoms with E-state index < -0.39 is 26.6 Å². The van der Waals surface area contributed by atoms with Gasteiger partial charge in [0.2, 0.25) is 0 Å². The summed E-state index contributed by atoms with van der Waals surface area (Å²) < 4.78 is 16.8. The normalized spacial score (nSPS) is 29.0. The van der Waals surface area contributed by atoms with Crippen LogP contribution in [0.15, 0.2) is 12.2 Å². The van der Waals surface area contributed by atoms with Gasteiger partial charge in [-0.1, -0.05) is 20.8 Å². The number of amides is 1. The van der Waals surface area contributed by atoms with E-state index in [0.717, 1.165) is 0 Å². The van der Waals surface area contributed by atoms with Crippen LogP contribution in [0.1, 0.15) is 20.8 Å². The van der Waals surface area contributed by atoms with Gasteiger partial charge < -0.3 is 18.8 Å². The summed E-state index contributed by atoms with van der Waals surface area (Å²) in [5.41, 5.74) is 0. The van der Waals surface area contributed by atoms with Crippen molar-refractivity contribution in [1.82, 2.24) is 4.90 Å². The standard InChI is InChI=1S/C15H25NO5Si/c1-15(2,3)22(5,6)19-9-11-13(16(4)14(18)21-11)10-7-8-12(17)20-10/h7-8,10-11,13H,9H2,1-6H3/t10?,11-,13+/m1/s1. The van der Waals surface area contributed by atoms with Crippen LogP contribution in [0.25, 0.3) is 0 Å². The van der Waals surface area contributed by atoms with Crippen LogP contribution in [0.2, 0.25) is 18.1 Å². The minimum absolute atomic E-state index is 0.0801. The maximum atomic E-state index is 11.8. The first kappa shape index (κ1) is 17.0. The molecule has 1 fully saturated rings. The van der Waals surface area contributed by atoms with Gasteiger partial charge in [-0.3, -0.25) is 0 Å². The number of esters is 1. The first-order valence-corrected chi connectivity index (χ1v) is 10.4. The molecule has 1 unspecified atom stereocenters. The van der Waals surface area contributed by atoms with Crippen LogP contribution in [-0.4, -0.2) is 57.2 Å². The zero-order valence-electron chi connectivity index (χ0n) is 14.1. The molecular weight excluding hydrogens is 302 g/mol. The third-order valence-corrected chi connectivity index (χ3v) is 9.29. The molecule has 2 aliphatic rings. The largest absolute Gasteiger partial charge is 0.453 e. The van der Waals surface area contributed by atoms with Crippen molar-refractivity contribution in [3.05, 3.63) is 12.2 Å². The second-order valence-corrected chi connectivity index (χ2v) is 12.2. The van der Waals surface area contributed by atoms with Gasteiger partial charge in [-0.25, -0.2) is 9.59 Å². The molecule has 0 aromatic heterocycles. The average molecular weight is 327 g/mol. The Morgan fingerprint density at radius 3 is 2.41 bits per heavy atom. The number of hydrogen-bond donors (Lipinski definition) is 0. The summed E-state index contributed by atoms with van der Waals surface area (Å²) in [5, 5.41) is 0.0801. The van der Waals surface area contributed by atoms with Gasteiger partial charge in [0.1, 0.15) is 18.2 Å². The van der Waals surface area contributed by atoms with Gasteiger partial charge in [0, 0.05) is 13.1 Å². The lowest BCUT2D eigenvalue weighted by Crippen LogP contribution is -2.48. The number of nitrogens with zero attached hydrogens (tertiary/aromatic N) is 1. The van der Waals surface area contributed by atoms with Crippen LogP contribution in [-0.2, 0) is 18.7 Å². The number of cyclic esters (lactones) is 2. The molecule has 0 aromatic rings. The Kier molecular flexibility index (Phi) is 4.41. The van der Waals surface area contributed by atoms with E-state index in [1.807, 2.05) is 0 Å². The molecule has 0 saturated carbocycles. The summed E-state index contributed by atoms with van der Waals surface area (Å²) in [6.45, 7) is 11.1. The Morgan fingerprint density at radius 2 is 1.91 bits per heavy atom. The number of carbonyl (C=O) groups is 2. The van der Waals surface area contributed by atoms with Gasteiger partial charge in [-0.05, 0) is 24.2 Å². The molecule has 3 atom stereocenters. The Labute approximate surface area is 132 Å². The predicted molar refractivity (Wildman–Crippen MR) is 84.0 cm³/mol. The van der Waals surface area contributed by atoms with Crippen LogP contribution in [0.4, 0.5) is 4.79 Å². The van der Waals surface area contributed by atoms with Gasteiger partial charge in [-0.2, -0.15) is 0 Å². The zero-order valence-corrected chi connectivity index (χ0v) is 15.1. The van der Waals surface area contributed by atoms with Crippen LogP contribution in [0.3, 0.4) is 0 Å². The molecule has 22 heavy (non-hydrogen) atoms. The lowest BCUT2D eigenvalue weighted by molar-refractivity contribution is -0.141. The lowest BCUT2D eigenvalue weighted by atomic mass is 10.1. The summed E-state index contributed by atoms with van der Waals surface area (Å²) in [6.07, 6.45) is 1.73. The summed E-state index contributed by atoms with van der Waals surface area (Å²) in [5.74, 6) is -0.387. The van der Waals surface area contributed by atoms with Crippen molar-refractivity contribution in [3.63, 3.8) is 0 Å². The summed E-state index contributed by atoms with van der Waals surface area (Å²) >= 11 is 0. The van der Waals surface area contributed by atoms with Crippen LogP contribution in [0, 0.1) is 0 Å². The average Bonchev–Trinajstić information content (AvgIpc) is 2.91. The molecule has 1 amide bonds. The summed E-state index contributed by atoms with van der Waals surface area (Å²) in [6, 6.07) is -0.347. The second kappa shape index (κ2) is 5.70. The number of likely N-dealkylation sites (N-methyl/N-ethyl adjacent to an activating group) is 1. The maximum Gasteiger partial charge on any atom is 0.410 e. The predicted octanol–water partition coefficient (Wildman–Crippen LogP) is 2.31. The summed E-state index contributed by atoms with van der Waals surface area (Å²) in [4.78, 5) is 24.6. The molecule has 2 aliphatic heterocycles. The molecule has 1 saturated heterocycles. The first-order chi connectivity index (χ1) is 10.0. The molecule has 0 aromatic carbocycles. The highest BCUT2D eigenvalue weighted by Crippen LogP contribution is 2.37. The van der Waals surface area contributed by atoms with E-state index >= 15 is 0 Å². The second-order valence-electron chi connectivity index (χ2n) is 7.36. The molecule has 0 N–H and O–H groups in total. The van der Waals surface area contributed by atoms with Crippen molar-refractivity contribution in [3.8, 4) is 0 Å². The number of rotatable bonds is 4. The highest BCUT2D eigenvalue weighted by atomic mass is 28.4. The van der Waals surface area contributed by atoms with Gasteiger partial charge in [0.25, 0.3) is 0 Å². The van der Waals surface area contributed by atoms with Crippen molar-refractivity contribution >= 4 is 20.4 Å². The van der Waals surface area contributed by atoms with E-state index in [2.05, 4.69) is 33.9 Å². The fraction of sp³-hybridized carbons (Fsp3) is 0.733. The first-order valence-electron chi connectivity index (χ1n) is 7.49. The molecule has 0 spiro atoms. The quantitative estimate of drug-likeness (QED) is 0.585. The van der Waals surface area contributed by atoms with Crippen LogP contribution >= 0.6 is 0 Å². The molecule has 7 heteroatoms. The highest BCUT2D eigenvalue weighted by Gasteiger charge is 2.47. The monoisotopic (exact) mass is 327 g/mol. The molecule has 2 rings (SSSR count). The van der Waals surface area contributed by atoms with Crippen molar-refractivity contribution in [1.29, 1.82) is 0 Å². The number of ether oxygens (including phenoxy) is 2. The molecular formula is C15H25NO5Si. The smallest absolute Gasteiger partial charge is 0.410 e. The fourth-order valence-corrected chi connectivity index (χ4v) is 3.31. The third-order valence-electron chi connectivity index (χ3n) is 4.79. The molecule has 0 aliphatic carbocycles. The lowest BCUT2D eigenvalue weighted by Gasteiger charge is -2.37. The zero-order chi connectivity index (χ0) is 16.7. The van der Waals surface area contributed by atoms with Crippen LogP contribution in [0.5, 0.6) is 0 Å². The summed E-state index contributed by atoms with van der Waals surface area (Å²) in [7, 11) is -0.283. The van der Waals surface area contributed by atoms with E-state index in [-0.39, 0.29) is 17.0 Å². The van der Waals surface area contributed by atoms with E-state index in [9.17, 15) is 9.59 Å². The van der Waals surface area contributed by atoms with Crippen molar-refractivity contribution in [2.75, 3.05) is 13.7 Å². The molecule has 0 bridgehead atoms. The topological polar surface area (TPSA) is 65.1 Å². The van der Waals surface area contributed by atoms with Gasteiger partial charge >= 0.3 is 12.1 Å². The van der Waals surface area contributed by atoms with Gasteiger partial charge in [-0.15, -0.1) is 0 Å². The Balaban J connectivity index is 2.07. The third kappa shape index (κ3) is 3.20. The Bertz CT molecular complexity index is 497. The van der Waals surface area contributed by atoms with E-state index in [1.54, 1.807) is 13.1 Å². The SMILES string of the molecule is CN1C(=O)O[C@H](CO[Si](C)(C)C(C)(C)C)[C@@H]1C1C=CC(=O)O1. The Morgan fingerprint density at radius 1 is 1.27 bits per heavy atom. The van der Waals surface area contributed by atoms with Crippen molar-refractivity contribution in [2.45, 2.75) is 57.2 Å². The van der Waals surface area contributed by atoms with Crippen molar-refractivity contribution < 1.29 is 23.5 Å². The van der Waals surface area contributed by atoms with Gasteiger partial charge in [0.05, 0.1) is 6.61 Å². The van der Waals surface area contributed by atoms with E-state index in [4.69, 9.17) is 13.9 Å². The molecule has 6 nitrogen and oxygen atoms in total.